The largest absolute Gasteiger partial charge is 0.371 e. The first-order valence-corrected chi connectivity index (χ1v) is 10.1. The van der Waals surface area contributed by atoms with Crippen molar-refractivity contribution in [2.24, 2.45) is 0 Å². The average Bonchev–Trinajstić information content (AvgIpc) is 2.75. The van der Waals surface area contributed by atoms with Crippen molar-refractivity contribution in [3.63, 3.8) is 0 Å². The molecule has 2 unspecified atom stereocenters. The van der Waals surface area contributed by atoms with Crippen LogP contribution in [0.4, 0.5) is 5.69 Å². The second kappa shape index (κ2) is 9.97. The summed E-state index contributed by atoms with van der Waals surface area (Å²) in [6.45, 7) is 6.85. The Kier molecular flexibility index (Phi) is 7.10. The van der Waals surface area contributed by atoms with Gasteiger partial charge in [-0.05, 0) is 47.9 Å². The van der Waals surface area contributed by atoms with Crippen LogP contribution >= 0.6 is 0 Å². The summed E-state index contributed by atoms with van der Waals surface area (Å²) in [5, 5.41) is 0. The number of hydrogen-bond acceptors (Lipinski definition) is 1. The molecule has 0 saturated heterocycles. The SMILES string of the molecule is CC(CCN(CCC(C)c1ccccc1)c1ccccc1)c1ccccc1. The van der Waals surface area contributed by atoms with Gasteiger partial charge in [0.2, 0.25) is 0 Å². The van der Waals surface area contributed by atoms with Gasteiger partial charge in [-0.15, -0.1) is 0 Å². The molecule has 0 heterocycles. The van der Waals surface area contributed by atoms with Crippen LogP contribution in [0.15, 0.2) is 91.0 Å². The van der Waals surface area contributed by atoms with Crippen LogP contribution in [0.2, 0.25) is 0 Å². The van der Waals surface area contributed by atoms with Gasteiger partial charge in [0.25, 0.3) is 0 Å². The monoisotopic (exact) mass is 357 g/mol. The third-order valence-corrected chi connectivity index (χ3v) is 5.52. The molecule has 3 aromatic carbocycles. The van der Waals surface area contributed by atoms with Crippen molar-refractivity contribution >= 4 is 5.69 Å². The van der Waals surface area contributed by atoms with E-state index in [9.17, 15) is 0 Å². The van der Waals surface area contributed by atoms with Gasteiger partial charge in [0.15, 0.2) is 0 Å². The number of para-hydroxylation sites is 1. The van der Waals surface area contributed by atoms with Crippen LogP contribution in [-0.2, 0) is 0 Å². The minimum absolute atomic E-state index is 0.573. The molecule has 0 aliphatic heterocycles. The van der Waals surface area contributed by atoms with Crippen LogP contribution in [0, 0.1) is 0 Å². The average molecular weight is 358 g/mol. The van der Waals surface area contributed by atoms with E-state index in [4.69, 9.17) is 0 Å². The molecular formula is C26H31N. The van der Waals surface area contributed by atoms with Gasteiger partial charge in [0.1, 0.15) is 0 Å². The molecule has 0 saturated carbocycles. The zero-order valence-corrected chi connectivity index (χ0v) is 16.6. The molecule has 3 aromatic rings. The molecule has 140 valence electrons. The molecule has 0 aromatic heterocycles. The van der Waals surface area contributed by atoms with E-state index < -0.39 is 0 Å². The smallest absolute Gasteiger partial charge is 0.0366 e. The molecule has 0 bridgehead atoms. The zero-order chi connectivity index (χ0) is 18.9. The van der Waals surface area contributed by atoms with Gasteiger partial charge in [-0.2, -0.15) is 0 Å². The second-order valence-corrected chi connectivity index (χ2v) is 7.52. The normalized spacial score (nSPS) is 13.1. The predicted octanol–water partition coefficient (Wildman–Crippen LogP) is 6.88. The molecule has 0 amide bonds. The number of nitrogens with zero attached hydrogens (tertiary/aromatic N) is 1. The first-order valence-electron chi connectivity index (χ1n) is 10.1. The standard InChI is InChI=1S/C26H31N/c1-22(24-12-6-3-7-13-24)18-20-27(26-16-10-5-11-17-26)21-19-23(2)25-14-8-4-9-15-25/h3-17,22-23H,18-21H2,1-2H3. The summed E-state index contributed by atoms with van der Waals surface area (Å²) in [6, 6.07) is 32.6. The summed E-state index contributed by atoms with van der Waals surface area (Å²) < 4.78 is 0. The molecule has 0 radical (unpaired) electrons. The van der Waals surface area contributed by atoms with Crippen LogP contribution in [0.5, 0.6) is 0 Å². The Morgan fingerprint density at radius 2 is 0.926 bits per heavy atom. The Morgan fingerprint density at radius 1 is 0.556 bits per heavy atom. The molecule has 0 spiro atoms. The molecule has 1 nitrogen and oxygen atoms in total. The third-order valence-electron chi connectivity index (χ3n) is 5.52. The highest BCUT2D eigenvalue weighted by Crippen LogP contribution is 2.24. The summed E-state index contributed by atoms with van der Waals surface area (Å²) >= 11 is 0. The van der Waals surface area contributed by atoms with Crippen LogP contribution in [0.25, 0.3) is 0 Å². The zero-order valence-electron chi connectivity index (χ0n) is 16.6. The number of benzene rings is 3. The summed E-state index contributed by atoms with van der Waals surface area (Å²) in [5.74, 6) is 1.15. The fourth-order valence-corrected chi connectivity index (χ4v) is 3.60. The van der Waals surface area contributed by atoms with Gasteiger partial charge >= 0.3 is 0 Å². The van der Waals surface area contributed by atoms with Crippen molar-refractivity contribution in [2.75, 3.05) is 18.0 Å². The molecule has 3 rings (SSSR count). The number of hydrogen-bond donors (Lipinski definition) is 0. The van der Waals surface area contributed by atoms with Crippen molar-refractivity contribution in [1.82, 2.24) is 0 Å². The van der Waals surface area contributed by atoms with Crippen LogP contribution in [-0.4, -0.2) is 13.1 Å². The summed E-state index contributed by atoms with van der Waals surface area (Å²) in [4.78, 5) is 2.55. The quantitative estimate of drug-likeness (QED) is 0.403. The molecular weight excluding hydrogens is 326 g/mol. The maximum absolute atomic E-state index is 2.55. The van der Waals surface area contributed by atoms with Crippen molar-refractivity contribution < 1.29 is 0 Å². The van der Waals surface area contributed by atoms with E-state index in [1.54, 1.807) is 0 Å². The summed E-state index contributed by atoms with van der Waals surface area (Å²) in [5.41, 5.74) is 4.20. The maximum atomic E-state index is 2.55. The summed E-state index contributed by atoms with van der Waals surface area (Å²) in [6.07, 6.45) is 2.33. The van der Waals surface area contributed by atoms with E-state index in [0.29, 0.717) is 11.8 Å². The van der Waals surface area contributed by atoms with Gasteiger partial charge in [-0.1, -0.05) is 92.7 Å². The molecule has 2 atom stereocenters. The predicted molar refractivity (Wildman–Crippen MR) is 118 cm³/mol. The van der Waals surface area contributed by atoms with Crippen molar-refractivity contribution in [3.8, 4) is 0 Å². The fraction of sp³-hybridized carbons (Fsp3) is 0.308. The second-order valence-electron chi connectivity index (χ2n) is 7.52. The molecule has 1 heteroatoms. The highest BCUT2D eigenvalue weighted by Gasteiger charge is 2.13. The lowest BCUT2D eigenvalue weighted by Gasteiger charge is -2.28. The van der Waals surface area contributed by atoms with E-state index in [1.165, 1.54) is 29.7 Å². The lowest BCUT2D eigenvalue weighted by Crippen LogP contribution is -2.27. The van der Waals surface area contributed by atoms with E-state index in [1.807, 2.05) is 0 Å². The van der Waals surface area contributed by atoms with Crippen LogP contribution in [0.3, 0.4) is 0 Å². The van der Waals surface area contributed by atoms with Gasteiger partial charge in [-0.25, -0.2) is 0 Å². The Morgan fingerprint density at radius 3 is 1.33 bits per heavy atom. The Bertz CT molecular complexity index is 718. The van der Waals surface area contributed by atoms with Crippen molar-refractivity contribution in [2.45, 2.75) is 38.5 Å². The minimum Gasteiger partial charge on any atom is -0.371 e. The van der Waals surface area contributed by atoms with Gasteiger partial charge < -0.3 is 4.90 Å². The Balaban J connectivity index is 1.63. The Labute approximate surface area is 164 Å². The van der Waals surface area contributed by atoms with Gasteiger partial charge in [-0.3, -0.25) is 0 Å². The highest BCUT2D eigenvalue weighted by molar-refractivity contribution is 5.46. The van der Waals surface area contributed by atoms with Crippen molar-refractivity contribution in [3.05, 3.63) is 102 Å². The van der Waals surface area contributed by atoms with Gasteiger partial charge in [0, 0.05) is 18.8 Å². The van der Waals surface area contributed by atoms with Gasteiger partial charge in [0.05, 0.1) is 0 Å². The minimum atomic E-state index is 0.573. The highest BCUT2D eigenvalue weighted by atomic mass is 15.1. The molecule has 0 N–H and O–H groups in total. The fourth-order valence-electron chi connectivity index (χ4n) is 3.60. The molecule has 0 aliphatic rings. The van der Waals surface area contributed by atoms with E-state index in [-0.39, 0.29) is 0 Å². The first-order chi connectivity index (χ1) is 13.2. The van der Waals surface area contributed by atoms with Crippen LogP contribution in [0.1, 0.15) is 49.7 Å². The number of rotatable bonds is 9. The van der Waals surface area contributed by atoms with E-state index in [2.05, 4.69) is 110 Å². The molecule has 27 heavy (non-hydrogen) atoms. The van der Waals surface area contributed by atoms with E-state index in [0.717, 1.165) is 13.1 Å². The molecule has 0 aliphatic carbocycles. The lowest BCUT2D eigenvalue weighted by atomic mass is 9.96. The maximum Gasteiger partial charge on any atom is 0.0366 e. The summed E-state index contributed by atoms with van der Waals surface area (Å²) in [7, 11) is 0. The third kappa shape index (κ3) is 5.72. The topological polar surface area (TPSA) is 3.24 Å². The Hall–Kier alpha value is -2.54. The van der Waals surface area contributed by atoms with Crippen LogP contribution < -0.4 is 4.90 Å². The molecule has 0 fully saturated rings. The number of anilines is 1. The van der Waals surface area contributed by atoms with E-state index >= 15 is 0 Å². The lowest BCUT2D eigenvalue weighted by molar-refractivity contribution is 0.605. The van der Waals surface area contributed by atoms with Crippen molar-refractivity contribution in [1.29, 1.82) is 0 Å². The first kappa shape index (κ1) is 19.2.